The molecule has 1 saturated heterocycles. The van der Waals surface area contributed by atoms with Crippen LogP contribution in [0.2, 0.25) is 5.15 Å². The van der Waals surface area contributed by atoms with Gasteiger partial charge in [-0.3, -0.25) is 4.79 Å². The normalized spacial score (nSPS) is 19.3. The van der Waals surface area contributed by atoms with Crippen LogP contribution in [0.5, 0.6) is 5.88 Å². The maximum atomic E-state index is 11.3. The number of halogens is 1. The third-order valence-corrected chi connectivity index (χ3v) is 3.71. The first-order valence-electron chi connectivity index (χ1n) is 6.46. The maximum absolute atomic E-state index is 11.3. The first-order chi connectivity index (χ1) is 10.1. The van der Waals surface area contributed by atoms with Crippen LogP contribution in [0.3, 0.4) is 0 Å². The number of hydrogen-bond donors (Lipinski definition) is 1. The fourth-order valence-electron chi connectivity index (χ4n) is 2.35. The van der Waals surface area contributed by atoms with Crippen molar-refractivity contribution in [3.8, 4) is 11.9 Å². The van der Waals surface area contributed by atoms with Gasteiger partial charge in [-0.2, -0.15) is 15.3 Å². The Morgan fingerprint density at radius 3 is 3.14 bits per heavy atom. The predicted molar refractivity (Wildman–Crippen MR) is 73.9 cm³/mol. The van der Waals surface area contributed by atoms with E-state index in [-0.39, 0.29) is 29.0 Å². The lowest BCUT2D eigenvalue weighted by Crippen LogP contribution is -2.26. The van der Waals surface area contributed by atoms with E-state index in [4.69, 9.17) is 21.6 Å². The third kappa shape index (κ3) is 2.50. The van der Waals surface area contributed by atoms with Crippen LogP contribution in [0.15, 0.2) is 12.4 Å². The second kappa shape index (κ2) is 5.22. The zero-order valence-corrected chi connectivity index (χ0v) is 12.0. The number of ether oxygens (including phenoxy) is 1. The van der Waals surface area contributed by atoms with Crippen molar-refractivity contribution in [3.05, 3.63) is 23.1 Å². The van der Waals surface area contributed by atoms with Gasteiger partial charge < -0.3 is 10.1 Å². The summed E-state index contributed by atoms with van der Waals surface area (Å²) in [5, 5.41) is 16.2. The summed E-state index contributed by atoms with van der Waals surface area (Å²) in [6.45, 7) is 2.44. The molecule has 1 N–H and O–H groups in total. The fourth-order valence-corrected chi connectivity index (χ4v) is 2.52. The molecule has 0 bridgehead atoms. The molecule has 0 spiro atoms. The molecule has 0 aromatic carbocycles. The number of hydrogen-bond acceptors (Lipinski definition) is 5. The smallest absolute Gasteiger partial charge is 0.243 e. The molecule has 0 radical (unpaired) electrons. The van der Waals surface area contributed by atoms with Crippen molar-refractivity contribution in [1.29, 1.82) is 5.26 Å². The Morgan fingerprint density at radius 2 is 2.48 bits per heavy atom. The molecule has 1 aliphatic heterocycles. The van der Waals surface area contributed by atoms with Crippen LogP contribution in [0.4, 0.5) is 0 Å². The van der Waals surface area contributed by atoms with Crippen molar-refractivity contribution in [1.82, 2.24) is 19.9 Å². The molecule has 3 rings (SSSR count). The summed E-state index contributed by atoms with van der Waals surface area (Å²) >= 11 is 5.94. The van der Waals surface area contributed by atoms with E-state index in [0.717, 1.165) is 0 Å². The number of nitrogens with one attached hydrogen (secondary N) is 1. The summed E-state index contributed by atoms with van der Waals surface area (Å²) in [5.41, 5.74) is 0.841. The molecule has 108 valence electrons. The highest BCUT2D eigenvalue weighted by molar-refractivity contribution is 6.29. The number of amides is 1. The topological polar surface area (TPSA) is 92.3 Å². The van der Waals surface area contributed by atoms with Gasteiger partial charge in [0.1, 0.15) is 23.3 Å². The summed E-state index contributed by atoms with van der Waals surface area (Å²) in [6, 6.07) is 2.05. The Kier molecular flexibility index (Phi) is 3.39. The minimum Gasteiger partial charge on any atom is -0.473 e. The molecule has 21 heavy (non-hydrogen) atoms. The van der Waals surface area contributed by atoms with Crippen molar-refractivity contribution in [2.45, 2.75) is 19.4 Å². The molecule has 1 amide bonds. The van der Waals surface area contributed by atoms with E-state index >= 15 is 0 Å². The molecule has 2 aromatic rings. The van der Waals surface area contributed by atoms with Gasteiger partial charge >= 0.3 is 0 Å². The van der Waals surface area contributed by atoms with E-state index in [1.54, 1.807) is 0 Å². The van der Waals surface area contributed by atoms with Crippen molar-refractivity contribution >= 4 is 23.0 Å². The van der Waals surface area contributed by atoms with E-state index in [9.17, 15) is 4.79 Å². The average Bonchev–Trinajstić information content (AvgIpc) is 3.04. The lowest BCUT2D eigenvalue weighted by molar-refractivity contribution is -0.119. The Morgan fingerprint density at radius 1 is 1.67 bits per heavy atom. The molecule has 1 fully saturated rings. The molecule has 8 heteroatoms. The summed E-state index contributed by atoms with van der Waals surface area (Å²) in [7, 11) is 0. The van der Waals surface area contributed by atoms with Gasteiger partial charge in [-0.15, -0.1) is 0 Å². The van der Waals surface area contributed by atoms with Gasteiger partial charge in [0, 0.05) is 18.9 Å². The Labute approximate surface area is 125 Å². The van der Waals surface area contributed by atoms with E-state index in [0.29, 0.717) is 24.0 Å². The molecular formula is C13H12ClN5O2. The molecule has 2 atom stereocenters. The average molecular weight is 306 g/mol. The van der Waals surface area contributed by atoms with Gasteiger partial charge in [-0.25, -0.2) is 4.52 Å². The van der Waals surface area contributed by atoms with Crippen LogP contribution in [0.25, 0.3) is 5.52 Å². The number of nitriles is 1. The molecule has 0 saturated carbocycles. The molecule has 0 aliphatic carbocycles. The van der Waals surface area contributed by atoms with Crippen LogP contribution in [0, 0.1) is 17.2 Å². The van der Waals surface area contributed by atoms with Crippen LogP contribution in [-0.2, 0) is 4.79 Å². The quantitative estimate of drug-likeness (QED) is 0.918. The monoisotopic (exact) mass is 305 g/mol. The van der Waals surface area contributed by atoms with Crippen LogP contribution < -0.4 is 10.1 Å². The number of carbonyl (C=O) groups excluding carboxylic acids is 1. The zero-order valence-electron chi connectivity index (χ0n) is 11.2. The summed E-state index contributed by atoms with van der Waals surface area (Å²) in [6.07, 6.45) is 3.13. The van der Waals surface area contributed by atoms with Gasteiger partial charge in [0.25, 0.3) is 0 Å². The third-order valence-electron chi connectivity index (χ3n) is 3.53. The Bertz CT molecular complexity index is 751. The SMILES string of the molecule is C[C@@H](Oc1nc(Cl)cn2ncc(C#N)c12)C1CNC(=O)C1. The van der Waals surface area contributed by atoms with Crippen molar-refractivity contribution in [2.24, 2.45) is 5.92 Å². The predicted octanol–water partition coefficient (Wildman–Crippen LogP) is 1.16. The summed E-state index contributed by atoms with van der Waals surface area (Å²) < 4.78 is 7.31. The van der Waals surface area contributed by atoms with Gasteiger partial charge in [-0.1, -0.05) is 11.6 Å². The highest BCUT2D eigenvalue weighted by atomic mass is 35.5. The van der Waals surface area contributed by atoms with E-state index in [1.807, 2.05) is 13.0 Å². The lowest BCUT2D eigenvalue weighted by atomic mass is 10.0. The molecule has 1 aliphatic rings. The minimum atomic E-state index is -0.236. The number of aromatic nitrogens is 3. The van der Waals surface area contributed by atoms with Crippen LogP contribution in [-0.4, -0.2) is 33.2 Å². The standard InChI is InChI=1S/C13H12ClN5O2/c1-7(8-2-11(20)16-4-8)21-13-12-9(3-15)5-17-19(12)6-10(14)18-13/h5-8H,2,4H2,1H3,(H,16,20)/t7-,8?/m1/s1. The Balaban J connectivity index is 1.94. The molecule has 3 heterocycles. The van der Waals surface area contributed by atoms with Crippen molar-refractivity contribution < 1.29 is 9.53 Å². The van der Waals surface area contributed by atoms with Crippen LogP contribution >= 0.6 is 11.6 Å². The second-order valence-corrected chi connectivity index (χ2v) is 5.31. The molecule has 2 aromatic heterocycles. The lowest BCUT2D eigenvalue weighted by Gasteiger charge is -2.19. The molecule has 7 nitrogen and oxygen atoms in total. The van der Waals surface area contributed by atoms with E-state index in [2.05, 4.69) is 15.4 Å². The second-order valence-electron chi connectivity index (χ2n) is 4.92. The van der Waals surface area contributed by atoms with Crippen molar-refractivity contribution in [2.75, 3.05) is 6.54 Å². The summed E-state index contributed by atoms with van der Waals surface area (Å²) in [5.74, 6) is 0.330. The highest BCUT2D eigenvalue weighted by Crippen LogP contribution is 2.26. The van der Waals surface area contributed by atoms with Crippen LogP contribution in [0.1, 0.15) is 18.9 Å². The zero-order chi connectivity index (χ0) is 15.0. The summed E-state index contributed by atoms with van der Waals surface area (Å²) in [4.78, 5) is 15.4. The first-order valence-corrected chi connectivity index (χ1v) is 6.83. The van der Waals surface area contributed by atoms with Gasteiger partial charge in [-0.05, 0) is 6.92 Å². The number of nitrogens with zero attached hydrogens (tertiary/aromatic N) is 4. The number of fused-ring (bicyclic) bond motifs is 1. The fraction of sp³-hybridized carbons (Fsp3) is 0.385. The van der Waals surface area contributed by atoms with Gasteiger partial charge in [0.2, 0.25) is 11.8 Å². The largest absolute Gasteiger partial charge is 0.473 e. The highest BCUT2D eigenvalue weighted by Gasteiger charge is 2.29. The van der Waals surface area contributed by atoms with E-state index < -0.39 is 0 Å². The Hall–Kier alpha value is -2.33. The van der Waals surface area contributed by atoms with Crippen molar-refractivity contribution in [3.63, 3.8) is 0 Å². The maximum Gasteiger partial charge on any atom is 0.243 e. The van der Waals surface area contributed by atoms with Gasteiger partial charge in [0.15, 0.2) is 5.15 Å². The molecular weight excluding hydrogens is 294 g/mol. The minimum absolute atomic E-state index is 0.0155. The first kappa shape index (κ1) is 13.6. The molecule has 1 unspecified atom stereocenters. The number of rotatable bonds is 3. The van der Waals surface area contributed by atoms with Gasteiger partial charge in [0.05, 0.1) is 12.4 Å². The number of carbonyl (C=O) groups is 1. The van der Waals surface area contributed by atoms with E-state index in [1.165, 1.54) is 16.9 Å².